The molecule has 1 amide bonds. The first-order valence-electron chi connectivity index (χ1n) is 9.04. The second-order valence-electron chi connectivity index (χ2n) is 6.98. The van der Waals surface area contributed by atoms with E-state index >= 15 is 0 Å². The molecule has 2 aromatic heterocycles. The third-order valence-electron chi connectivity index (χ3n) is 5.54. The van der Waals surface area contributed by atoms with Crippen LogP contribution in [0, 0.1) is 5.92 Å². The molecule has 1 aliphatic heterocycles. The Morgan fingerprint density at radius 2 is 2.04 bits per heavy atom. The Labute approximate surface area is 147 Å². The molecule has 7 nitrogen and oxygen atoms in total. The van der Waals surface area contributed by atoms with Crippen molar-refractivity contribution < 1.29 is 4.79 Å². The minimum atomic E-state index is -0.191. The molecule has 0 aromatic carbocycles. The number of carbonyl (C=O) groups excluding carboxylic acids is 1. The Bertz CT molecular complexity index is 730. The van der Waals surface area contributed by atoms with Gasteiger partial charge in [0.1, 0.15) is 6.04 Å². The molecule has 2 fully saturated rings. The largest absolute Gasteiger partial charge is 0.349 e. The predicted molar refractivity (Wildman–Crippen MR) is 93.7 cm³/mol. The van der Waals surface area contributed by atoms with Crippen molar-refractivity contribution in [2.45, 2.75) is 50.7 Å². The molecule has 1 aliphatic carbocycles. The molecule has 0 radical (unpaired) electrons. The molecular weight excluding hydrogens is 316 g/mol. The number of aryl methyl sites for hydroxylation is 1. The number of nitrogens with zero attached hydrogens (tertiary/aromatic N) is 5. The van der Waals surface area contributed by atoms with Crippen LogP contribution in [0.2, 0.25) is 0 Å². The minimum absolute atomic E-state index is 0.0584. The molecule has 25 heavy (non-hydrogen) atoms. The maximum absolute atomic E-state index is 12.9. The SMILES string of the molecule is Cn1nccc1CNC(=O)[C@@H]1C[C@H]2CCCC[C@@H]2N1c1ncccn1. The topological polar surface area (TPSA) is 75.9 Å². The Morgan fingerprint density at radius 3 is 2.80 bits per heavy atom. The maximum Gasteiger partial charge on any atom is 0.243 e. The summed E-state index contributed by atoms with van der Waals surface area (Å²) in [7, 11) is 1.88. The van der Waals surface area contributed by atoms with Gasteiger partial charge in [-0.25, -0.2) is 9.97 Å². The molecule has 7 heteroatoms. The lowest BCUT2D eigenvalue weighted by Gasteiger charge is -2.33. The fourth-order valence-corrected chi connectivity index (χ4v) is 4.28. The first-order chi connectivity index (χ1) is 12.2. The zero-order chi connectivity index (χ0) is 17.2. The van der Waals surface area contributed by atoms with Crippen LogP contribution in [0.4, 0.5) is 5.95 Å². The zero-order valence-electron chi connectivity index (χ0n) is 14.5. The van der Waals surface area contributed by atoms with Gasteiger partial charge in [0.05, 0.1) is 12.2 Å². The van der Waals surface area contributed by atoms with Crippen molar-refractivity contribution >= 4 is 11.9 Å². The maximum atomic E-state index is 12.9. The molecule has 3 heterocycles. The summed E-state index contributed by atoms with van der Waals surface area (Å²) in [6.45, 7) is 0.491. The lowest BCUT2D eigenvalue weighted by molar-refractivity contribution is -0.122. The molecule has 1 N–H and O–H groups in total. The van der Waals surface area contributed by atoms with Crippen LogP contribution in [0.5, 0.6) is 0 Å². The van der Waals surface area contributed by atoms with E-state index in [1.54, 1.807) is 23.3 Å². The van der Waals surface area contributed by atoms with Crippen LogP contribution in [0.3, 0.4) is 0 Å². The quantitative estimate of drug-likeness (QED) is 0.916. The zero-order valence-corrected chi connectivity index (χ0v) is 14.5. The number of nitrogens with one attached hydrogen (secondary N) is 1. The summed E-state index contributed by atoms with van der Waals surface area (Å²) >= 11 is 0. The second-order valence-corrected chi connectivity index (χ2v) is 6.98. The van der Waals surface area contributed by atoms with Crippen molar-refractivity contribution in [1.29, 1.82) is 0 Å². The fraction of sp³-hybridized carbons (Fsp3) is 0.556. The molecule has 132 valence electrons. The first kappa shape index (κ1) is 16.1. The van der Waals surface area contributed by atoms with Crippen LogP contribution in [0.1, 0.15) is 37.8 Å². The fourth-order valence-electron chi connectivity index (χ4n) is 4.28. The standard InChI is InChI=1S/C18H24N6O/c1-23-14(7-10-22-23)12-21-17(25)16-11-13-5-2-3-6-15(13)24(16)18-19-8-4-9-20-18/h4,7-10,13,15-16H,2-3,5-6,11-12H2,1H3,(H,21,25)/t13-,15+,16+/m1/s1. The lowest BCUT2D eigenvalue weighted by Crippen LogP contribution is -2.47. The van der Waals surface area contributed by atoms with Crippen molar-refractivity contribution in [3.8, 4) is 0 Å². The number of hydrogen-bond donors (Lipinski definition) is 1. The van der Waals surface area contributed by atoms with Gasteiger partial charge >= 0.3 is 0 Å². The van der Waals surface area contributed by atoms with Crippen molar-refractivity contribution in [3.63, 3.8) is 0 Å². The van der Waals surface area contributed by atoms with Crippen LogP contribution >= 0.6 is 0 Å². The average Bonchev–Trinajstić information content (AvgIpc) is 3.23. The third kappa shape index (κ3) is 3.10. The smallest absolute Gasteiger partial charge is 0.243 e. The Kier molecular flexibility index (Phi) is 4.38. The molecule has 1 saturated heterocycles. The van der Waals surface area contributed by atoms with E-state index in [0.717, 1.165) is 18.5 Å². The summed E-state index contributed by atoms with van der Waals surface area (Å²) in [6.07, 6.45) is 10.9. The Hall–Kier alpha value is -2.44. The summed E-state index contributed by atoms with van der Waals surface area (Å²) in [4.78, 5) is 24.0. The molecule has 2 aromatic rings. The number of anilines is 1. The van der Waals surface area contributed by atoms with Gasteiger partial charge in [0.2, 0.25) is 11.9 Å². The van der Waals surface area contributed by atoms with Crippen LogP contribution in [-0.4, -0.2) is 37.7 Å². The van der Waals surface area contributed by atoms with Gasteiger partial charge in [-0.1, -0.05) is 12.8 Å². The molecule has 0 spiro atoms. The average molecular weight is 340 g/mol. The Balaban J connectivity index is 1.53. The van der Waals surface area contributed by atoms with E-state index in [4.69, 9.17) is 0 Å². The number of fused-ring (bicyclic) bond motifs is 1. The van der Waals surface area contributed by atoms with Crippen LogP contribution in [0.25, 0.3) is 0 Å². The van der Waals surface area contributed by atoms with Gasteiger partial charge in [0.15, 0.2) is 0 Å². The molecule has 0 bridgehead atoms. The van der Waals surface area contributed by atoms with Gasteiger partial charge in [-0.05, 0) is 37.3 Å². The van der Waals surface area contributed by atoms with E-state index in [1.165, 1.54) is 19.3 Å². The molecule has 0 unspecified atom stereocenters. The Morgan fingerprint density at radius 1 is 1.24 bits per heavy atom. The number of hydrogen-bond acceptors (Lipinski definition) is 5. The molecule has 1 saturated carbocycles. The first-order valence-corrected chi connectivity index (χ1v) is 9.04. The van der Waals surface area contributed by atoms with Crippen molar-refractivity contribution in [3.05, 3.63) is 36.4 Å². The molecule has 2 aliphatic rings. The number of rotatable bonds is 4. The highest BCUT2D eigenvalue weighted by Crippen LogP contribution is 2.41. The predicted octanol–water partition coefficient (Wildman–Crippen LogP) is 1.66. The molecular formula is C18H24N6O. The lowest BCUT2D eigenvalue weighted by atomic mass is 9.85. The highest BCUT2D eigenvalue weighted by atomic mass is 16.2. The summed E-state index contributed by atoms with van der Waals surface area (Å²) in [5.74, 6) is 1.30. The van der Waals surface area contributed by atoms with E-state index in [2.05, 4.69) is 25.3 Å². The summed E-state index contributed by atoms with van der Waals surface area (Å²) < 4.78 is 1.78. The van der Waals surface area contributed by atoms with Gasteiger partial charge < -0.3 is 10.2 Å². The normalized spacial score (nSPS) is 25.6. The van der Waals surface area contributed by atoms with Gasteiger partial charge in [-0.3, -0.25) is 9.48 Å². The van der Waals surface area contributed by atoms with Crippen molar-refractivity contribution in [1.82, 2.24) is 25.1 Å². The molecule has 4 rings (SSSR count). The second kappa shape index (κ2) is 6.82. The highest BCUT2D eigenvalue weighted by Gasteiger charge is 2.46. The van der Waals surface area contributed by atoms with Gasteiger partial charge in [0.25, 0.3) is 0 Å². The van der Waals surface area contributed by atoms with Gasteiger partial charge in [-0.2, -0.15) is 5.10 Å². The van der Waals surface area contributed by atoms with Crippen molar-refractivity contribution in [2.24, 2.45) is 13.0 Å². The van der Waals surface area contributed by atoms with Crippen LogP contribution in [-0.2, 0) is 18.4 Å². The number of amides is 1. The van der Waals surface area contributed by atoms with Crippen LogP contribution in [0.15, 0.2) is 30.7 Å². The van der Waals surface area contributed by atoms with Gasteiger partial charge in [-0.15, -0.1) is 0 Å². The minimum Gasteiger partial charge on any atom is -0.349 e. The highest BCUT2D eigenvalue weighted by molar-refractivity contribution is 5.85. The van der Waals surface area contributed by atoms with E-state index < -0.39 is 0 Å². The van der Waals surface area contributed by atoms with E-state index in [1.807, 2.05) is 19.2 Å². The monoisotopic (exact) mass is 340 g/mol. The van der Waals surface area contributed by atoms with Gasteiger partial charge in [0, 0.05) is 31.7 Å². The number of aromatic nitrogens is 4. The van der Waals surface area contributed by atoms with Crippen LogP contribution < -0.4 is 10.2 Å². The third-order valence-corrected chi connectivity index (χ3v) is 5.54. The summed E-state index contributed by atoms with van der Waals surface area (Å²) in [5, 5.41) is 7.23. The molecule has 3 atom stereocenters. The van der Waals surface area contributed by atoms with E-state index in [-0.39, 0.29) is 11.9 Å². The van der Waals surface area contributed by atoms with E-state index in [0.29, 0.717) is 24.5 Å². The van der Waals surface area contributed by atoms with Crippen molar-refractivity contribution in [2.75, 3.05) is 4.90 Å². The summed E-state index contributed by atoms with van der Waals surface area (Å²) in [5.41, 5.74) is 0.992. The van der Waals surface area contributed by atoms with E-state index in [9.17, 15) is 4.79 Å². The number of carbonyl (C=O) groups is 1. The summed E-state index contributed by atoms with van der Waals surface area (Å²) in [6, 6.07) is 3.93.